The maximum atomic E-state index is 13.0. The Hall–Kier alpha value is -1.69. The number of amides is 2. The van der Waals surface area contributed by atoms with Crippen LogP contribution < -0.4 is 5.32 Å². The van der Waals surface area contributed by atoms with Gasteiger partial charge < -0.3 is 10.2 Å². The summed E-state index contributed by atoms with van der Waals surface area (Å²) in [5.74, 6) is 0.762. The fourth-order valence-electron chi connectivity index (χ4n) is 2.76. The molecule has 0 aliphatic carbocycles. The third kappa shape index (κ3) is 7.25. The van der Waals surface area contributed by atoms with Crippen LogP contribution in [0.5, 0.6) is 0 Å². The van der Waals surface area contributed by atoms with Crippen LogP contribution in [0.1, 0.15) is 30.5 Å². The van der Waals surface area contributed by atoms with Gasteiger partial charge in [-0.1, -0.05) is 59.1 Å². The lowest BCUT2D eigenvalue weighted by molar-refractivity contribution is -0.138. The molecule has 0 spiro atoms. The number of aryl methyl sites for hydroxylation is 1. The molecule has 0 saturated heterocycles. The van der Waals surface area contributed by atoms with Gasteiger partial charge in [-0.05, 0) is 44.0 Å². The van der Waals surface area contributed by atoms with Crippen molar-refractivity contribution in [1.82, 2.24) is 10.2 Å². The first kappa shape index (κ1) is 23.6. The molecule has 2 aromatic carbocycles. The van der Waals surface area contributed by atoms with E-state index in [-0.39, 0.29) is 11.8 Å². The minimum atomic E-state index is -0.586. The molecular formula is C22H26Cl2N2O2S. The van der Waals surface area contributed by atoms with E-state index in [1.165, 1.54) is 22.9 Å². The predicted octanol–water partition coefficient (Wildman–Crippen LogP) is 5.09. The lowest BCUT2D eigenvalue weighted by Crippen LogP contribution is -2.48. The summed E-state index contributed by atoms with van der Waals surface area (Å²) < 4.78 is 0. The highest BCUT2D eigenvalue weighted by Crippen LogP contribution is 2.24. The number of halogens is 2. The number of nitrogens with zero attached hydrogens (tertiary/aromatic N) is 1. The largest absolute Gasteiger partial charge is 0.355 e. The molecule has 2 amide bonds. The quantitative estimate of drug-likeness (QED) is 0.576. The second kappa shape index (κ2) is 11.5. The average Bonchev–Trinajstić information content (AvgIpc) is 2.69. The molecule has 0 aromatic heterocycles. The molecule has 0 unspecified atom stereocenters. The molecular weight excluding hydrogens is 427 g/mol. The first-order valence-electron chi connectivity index (χ1n) is 9.46. The topological polar surface area (TPSA) is 49.4 Å². The van der Waals surface area contributed by atoms with E-state index in [0.717, 1.165) is 11.3 Å². The zero-order valence-electron chi connectivity index (χ0n) is 16.9. The van der Waals surface area contributed by atoms with Crippen LogP contribution in [0.3, 0.4) is 0 Å². The minimum Gasteiger partial charge on any atom is -0.355 e. The number of hydrogen-bond donors (Lipinski definition) is 1. The molecule has 2 aromatic rings. The summed E-state index contributed by atoms with van der Waals surface area (Å²) in [7, 11) is 0. The molecule has 1 N–H and O–H groups in total. The van der Waals surface area contributed by atoms with Crippen LogP contribution in [-0.2, 0) is 21.9 Å². The van der Waals surface area contributed by atoms with Crippen molar-refractivity contribution in [1.29, 1.82) is 0 Å². The maximum absolute atomic E-state index is 13.0. The highest BCUT2D eigenvalue weighted by molar-refractivity contribution is 7.99. The molecule has 29 heavy (non-hydrogen) atoms. The molecule has 0 saturated carbocycles. The molecule has 0 radical (unpaired) electrons. The van der Waals surface area contributed by atoms with Gasteiger partial charge in [0.2, 0.25) is 11.8 Å². The van der Waals surface area contributed by atoms with Crippen molar-refractivity contribution in [3.05, 3.63) is 69.2 Å². The number of carbonyl (C=O) groups excluding carboxylic acids is 2. The molecule has 0 aliphatic rings. The third-order valence-corrected chi connectivity index (χ3v) is 6.20. The van der Waals surface area contributed by atoms with Crippen LogP contribution in [0, 0.1) is 6.92 Å². The van der Waals surface area contributed by atoms with E-state index in [2.05, 4.69) is 29.6 Å². The second-order valence-corrected chi connectivity index (χ2v) is 8.62. The van der Waals surface area contributed by atoms with Crippen LogP contribution in [0.15, 0.2) is 42.5 Å². The van der Waals surface area contributed by atoms with Crippen LogP contribution in [0.2, 0.25) is 10.0 Å². The number of rotatable bonds is 9. The van der Waals surface area contributed by atoms with Crippen LogP contribution in [0.25, 0.3) is 0 Å². The van der Waals surface area contributed by atoms with E-state index in [1.54, 1.807) is 24.0 Å². The van der Waals surface area contributed by atoms with Crippen LogP contribution >= 0.6 is 35.0 Å². The molecule has 0 fully saturated rings. The van der Waals surface area contributed by atoms with Crippen LogP contribution in [0.4, 0.5) is 0 Å². The normalized spacial score (nSPS) is 11.8. The maximum Gasteiger partial charge on any atom is 0.242 e. The Labute approximate surface area is 187 Å². The summed E-state index contributed by atoms with van der Waals surface area (Å²) >= 11 is 13.6. The molecule has 0 heterocycles. The Morgan fingerprint density at radius 1 is 1.07 bits per heavy atom. The van der Waals surface area contributed by atoms with Crippen molar-refractivity contribution in [2.45, 2.75) is 39.1 Å². The van der Waals surface area contributed by atoms with E-state index in [1.807, 2.05) is 19.9 Å². The van der Waals surface area contributed by atoms with Gasteiger partial charge in [-0.15, -0.1) is 11.8 Å². The van der Waals surface area contributed by atoms with Gasteiger partial charge in [0.25, 0.3) is 0 Å². The molecule has 0 aliphatic heterocycles. The molecule has 7 heteroatoms. The Morgan fingerprint density at radius 2 is 1.72 bits per heavy atom. The van der Waals surface area contributed by atoms with Gasteiger partial charge in [-0.25, -0.2) is 0 Å². The van der Waals surface area contributed by atoms with E-state index in [4.69, 9.17) is 23.2 Å². The Bertz CT molecular complexity index is 843. The van der Waals surface area contributed by atoms with Gasteiger partial charge >= 0.3 is 0 Å². The first-order valence-corrected chi connectivity index (χ1v) is 11.4. The summed E-state index contributed by atoms with van der Waals surface area (Å²) in [5.41, 5.74) is 3.20. The fourth-order valence-corrected chi connectivity index (χ4v) is 3.95. The first-order chi connectivity index (χ1) is 13.8. The van der Waals surface area contributed by atoms with Crippen molar-refractivity contribution in [2.75, 3.05) is 12.3 Å². The van der Waals surface area contributed by atoms with Gasteiger partial charge in [0.05, 0.1) is 15.8 Å². The highest BCUT2D eigenvalue weighted by atomic mass is 35.5. The number of benzene rings is 2. The second-order valence-electron chi connectivity index (χ2n) is 6.82. The summed E-state index contributed by atoms with van der Waals surface area (Å²) in [5, 5.41) is 3.67. The Kier molecular flexibility index (Phi) is 9.34. The van der Waals surface area contributed by atoms with Crippen LogP contribution in [-0.4, -0.2) is 35.1 Å². The van der Waals surface area contributed by atoms with Crippen molar-refractivity contribution >= 4 is 46.8 Å². The summed E-state index contributed by atoms with van der Waals surface area (Å²) in [6, 6.07) is 12.9. The van der Waals surface area contributed by atoms with Crippen molar-refractivity contribution in [3.63, 3.8) is 0 Å². The van der Waals surface area contributed by atoms with E-state index < -0.39 is 6.04 Å². The Balaban J connectivity index is 2.07. The number of nitrogens with one attached hydrogen (secondary N) is 1. The van der Waals surface area contributed by atoms with Crippen molar-refractivity contribution in [3.8, 4) is 0 Å². The van der Waals surface area contributed by atoms with Gasteiger partial charge in [-0.2, -0.15) is 0 Å². The van der Waals surface area contributed by atoms with E-state index >= 15 is 0 Å². The number of carbonyl (C=O) groups is 2. The molecule has 156 valence electrons. The van der Waals surface area contributed by atoms with E-state index in [0.29, 0.717) is 28.9 Å². The standard InChI is InChI=1S/C22H26Cl2N2O2S/c1-4-25-22(28)16(3)26(12-18-9-10-19(23)20(24)11-18)21(27)14-29-13-17-7-5-15(2)6-8-17/h5-11,16H,4,12-14H2,1-3H3,(H,25,28)/t16-/m0/s1. The van der Waals surface area contributed by atoms with Crippen molar-refractivity contribution in [2.24, 2.45) is 0 Å². The summed E-state index contributed by atoms with van der Waals surface area (Å²) in [6.45, 7) is 6.45. The fraction of sp³-hybridized carbons (Fsp3) is 0.364. The monoisotopic (exact) mass is 452 g/mol. The SMILES string of the molecule is CCNC(=O)[C@H](C)N(Cc1ccc(Cl)c(Cl)c1)C(=O)CSCc1ccc(C)cc1. The third-order valence-electron chi connectivity index (χ3n) is 4.47. The average molecular weight is 453 g/mol. The predicted molar refractivity (Wildman–Crippen MR) is 122 cm³/mol. The number of thioether (sulfide) groups is 1. The molecule has 1 atom stereocenters. The molecule has 2 rings (SSSR count). The van der Waals surface area contributed by atoms with Gasteiger partial charge in [0.15, 0.2) is 0 Å². The van der Waals surface area contributed by atoms with E-state index in [9.17, 15) is 9.59 Å². The van der Waals surface area contributed by atoms with Gasteiger partial charge in [-0.3, -0.25) is 9.59 Å². The smallest absolute Gasteiger partial charge is 0.242 e. The lowest BCUT2D eigenvalue weighted by Gasteiger charge is -2.28. The van der Waals surface area contributed by atoms with Crippen molar-refractivity contribution < 1.29 is 9.59 Å². The molecule has 4 nitrogen and oxygen atoms in total. The number of likely N-dealkylation sites (N-methyl/N-ethyl adjacent to an activating group) is 1. The lowest BCUT2D eigenvalue weighted by atomic mass is 10.1. The minimum absolute atomic E-state index is 0.0908. The van der Waals surface area contributed by atoms with Gasteiger partial charge in [0, 0.05) is 18.8 Å². The highest BCUT2D eigenvalue weighted by Gasteiger charge is 2.25. The zero-order valence-corrected chi connectivity index (χ0v) is 19.2. The number of hydrogen-bond acceptors (Lipinski definition) is 3. The summed E-state index contributed by atoms with van der Waals surface area (Å²) in [4.78, 5) is 26.9. The zero-order chi connectivity index (χ0) is 21.4. The molecule has 0 bridgehead atoms. The van der Waals surface area contributed by atoms with Gasteiger partial charge in [0.1, 0.15) is 6.04 Å². The Morgan fingerprint density at radius 3 is 2.34 bits per heavy atom. The summed E-state index contributed by atoms with van der Waals surface area (Å²) in [6.07, 6.45) is 0.